The molecule has 0 aliphatic heterocycles. The first-order valence-corrected chi connectivity index (χ1v) is 6.13. The number of hydrogen-bond acceptors (Lipinski definition) is 2. The maximum absolute atomic E-state index is 13.5. The van der Waals surface area contributed by atoms with Crippen LogP contribution in [-0.2, 0) is 0 Å². The van der Waals surface area contributed by atoms with E-state index in [9.17, 15) is 17.6 Å². The molecule has 0 fully saturated rings. The van der Waals surface area contributed by atoms with Crippen LogP contribution in [0.3, 0.4) is 0 Å². The van der Waals surface area contributed by atoms with Gasteiger partial charge in [0.15, 0.2) is 0 Å². The average molecular weight is 299 g/mol. The lowest BCUT2D eigenvalue weighted by molar-refractivity contribution is -0.274. The number of aryl methyl sites for hydroxylation is 1. The van der Waals surface area contributed by atoms with Gasteiger partial charge in [-0.15, -0.1) is 13.2 Å². The van der Waals surface area contributed by atoms with Crippen molar-refractivity contribution in [3.8, 4) is 5.75 Å². The molecular weight excluding hydrogens is 286 g/mol. The summed E-state index contributed by atoms with van der Waals surface area (Å²) in [6.45, 7) is 1.61. The Bertz CT molecular complexity index is 640. The van der Waals surface area contributed by atoms with Gasteiger partial charge in [-0.1, -0.05) is 24.3 Å². The highest BCUT2D eigenvalue weighted by Crippen LogP contribution is 2.27. The van der Waals surface area contributed by atoms with Crippen molar-refractivity contribution in [2.24, 2.45) is 5.73 Å². The quantitative estimate of drug-likeness (QED) is 0.867. The Labute approximate surface area is 119 Å². The fourth-order valence-electron chi connectivity index (χ4n) is 1.90. The highest BCUT2D eigenvalue weighted by molar-refractivity contribution is 5.37. The van der Waals surface area contributed by atoms with Crippen LogP contribution in [0.15, 0.2) is 42.5 Å². The molecule has 112 valence electrons. The maximum Gasteiger partial charge on any atom is 0.573 e. The van der Waals surface area contributed by atoms with Gasteiger partial charge in [-0.05, 0) is 41.8 Å². The number of rotatable bonds is 3. The number of hydrogen-bond donors (Lipinski definition) is 1. The molecule has 2 aromatic rings. The number of nitrogens with two attached hydrogens (primary N) is 1. The molecule has 2 rings (SSSR count). The van der Waals surface area contributed by atoms with E-state index < -0.39 is 18.2 Å². The van der Waals surface area contributed by atoms with Gasteiger partial charge in [0.1, 0.15) is 11.6 Å². The number of ether oxygens (including phenoxy) is 1. The van der Waals surface area contributed by atoms with E-state index in [-0.39, 0.29) is 5.75 Å². The lowest BCUT2D eigenvalue weighted by atomic mass is 9.98. The van der Waals surface area contributed by atoms with Crippen molar-refractivity contribution in [2.45, 2.75) is 19.3 Å². The van der Waals surface area contributed by atoms with Gasteiger partial charge >= 0.3 is 6.36 Å². The highest BCUT2D eigenvalue weighted by Gasteiger charge is 2.31. The van der Waals surface area contributed by atoms with Gasteiger partial charge in [0.25, 0.3) is 0 Å². The van der Waals surface area contributed by atoms with Crippen LogP contribution < -0.4 is 10.5 Å². The molecule has 0 spiro atoms. The Morgan fingerprint density at radius 2 is 1.71 bits per heavy atom. The predicted molar refractivity (Wildman–Crippen MR) is 70.3 cm³/mol. The van der Waals surface area contributed by atoms with Crippen LogP contribution in [0.25, 0.3) is 0 Å². The van der Waals surface area contributed by atoms with E-state index in [2.05, 4.69) is 4.74 Å². The second-order valence-electron chi connectivity index (χ2n) is 4.61. The van der Waals surface area contributed by atoms with Crippen molar-refractivity contribution in [1.29, 1.82) is 0 Å². The van der Waals surface area contributed by atoms with E-state index in [4.69, 9.17) is 5.73 Å². The molecule has 0 aromatic heterocycles. The van der Waals surface area contributed by atoms with Crippen molar-refractivity contribution >= 4 is 0 Å². The molecule has 0 amide bonds. The molecule has 0 aliphatic rings. The first-order chi connectivity index (χ1) is 9.76. The Morgan fingerprint density at radius 3 is 2.33 bits per heavy atom. The van der Waals surface area contributed by atoms with E-state index in [1.165, 1.54) is 24.3 Å². The molecule has 0 radical (unpaired) electrons. The molecule has 0 saturated heterocycles. The molecule has 21 heavy (non-hydrogen) atoms. The Morgan fingerprint density at radius 1 is 1.05 bits per heavy atom. The van der Waals surface area contributed by atoms with E-state index in [1.54, 1.807) is 25.1 Å². The van der Waals surface area contributed by atoms with Gasteiger partial charge < -0.3 is 10.5 Å². The summed E-state index contributed by atoms with van der Waals surface area (Å²) in [4.78, 5) is 0. The molecule has 2 nitrogen and oxygen atoms in total. The van der Waals surface area contributed by atoms with Gasteiger partial charge in [0.2, 0.25) is 0 Å². The summed E-state index contributed by atoms with van der Waals surface area (Å²) in [5.74, 6) is -0.770. The third kappa shape index (κ3) is 3.95. The second-order valence-corrected chi connectivity index (χ2v) is 4.61. The smallest absolute Gasteiger partial charge is 0.406 e. The normalized spacial score (nSPS) is 13.0. The topological polar surface area (TPSA) is 35.2 Å². The van der Waals surface area contributed by atoms with Gasteiger partial charge in [-0.3, -0.25) is 0 Å². The summed E-state index contributed by atoms with van der Waals surface area (Å²) in [6.07, 6.45) is -4.77. The third-order valence-electron chi connectivity index (χ3n) is 3.01. The number of alkyl halides is 3. The van der Waals surface area contributed by atoms with Crippen LogP contribution in [0.4, 0.5) is 17.6 Å². The van der Waals surface area contributed by atoms with Crippen LogP contribution in [-0.4, -0.2) is 6.36 Å². The van der Waals surface area contributed by atoms with Crippen molar-refractivity contribution in [3.63, 3.8) is 0 Å². The molecule has 2 aromatic carbocycles. The van der Waals surface area contributed by atoms with Crippen molar-refractivity contribution < 1.29 is 22.3 Å². The van der Waals surface area contributed by atoms with Crippen LogP contribution in [0, 0.1) is 12.7 Å². The standard InChI is InChI=1S/C15H13F4NO/c1-9-5-6-11(8-13(9)16)14(20)10-3-2-4-12(7-10)21-15(17,18)19/h2-8,14H,20H2,1H3. The Kier molecular flexibility index (Phi) is 4.18. The predicted octanol–water partition coefficient (Wildman–Crippen LogP) is 4.08. The van der Waals surface area contributed by atoms with Crippen molar-refractivity contribution in [2.75, 3.05) is 0 Å². The van der Waals surface area contributed by atoms with Gasteiger partial charge in [0.05, 0.1) is 6.04 Å². The Hall–Kier alpha value is -2.08. The molecular formula is C15H13F4NO. The van der Waals surface area contributed by atoms with E-state index in [1.807, 2.05) is 0 Å². The number of benzene rings is 2. The first-order valence-electron chi connectivity index (χ1n) is 6.13. The SMILES string of the molecule is Cc1ccc(C(N)c2cccc(OC(F)(F)F)c2)cc1F. The summed E-state index contributed by atoms with van der Waals surface area (Å²) in [5, 5.41) is 0. The maximum atomic E-state index is 13.5. The lowest BCUT2D eigenvalue weighted by Crippen LogP contribution is -2.18. The van der Waals surface area contributed by atoms with Crippen LogP contribution in [0.1, 0.15) is 22.7 Å². The monoisotopic (exact) mass is 299 g/mol. The zero-order valence-electron chi connectivity index (χ0n) is 11.1. The molecule has 1 unspecified atom stereocenters. The minimum atomic E-state index is -4.77. The van der Waals surface area contributed by atoms with Gasteiger partial charge in [-0.2, -0.15) is 0 Å². The van der Waals surface area contributed by atoms with Crippen LogP contribution in [0.5, 0.6) is 5.75 Å². The average Bonchev–Trinajstić information content (AvgIpc) is 2.39. The molecule has 6 heteroatoms. The second kappa shape index (κ2) is 5.73. The van der Waals surface area contributed by atoms with Crippen molar-refractivity contribution in [3.05, 3.63) is 65.0 Å². The van der Waals surface area contributed by atoms with Gasteiger partial charge in [-0.25, -0.2) is 4.39 Å². The highest BCUT2D eigenvalue weighted by atomic mass is 19.4. The van der Waals surface area contributed by atoms with E-state index >= 15 is 0 Å². The fraction of sp³-hybridized carbons (Fsp3) is 0.200. The summed E-state index contributed by atoms with van der Waals surface area (Å²) in [7, 11) is 0. The van der Waals surface area contributed by atoms with Gasteiger partial charge in [0, 0.05) is 0 Å². The summed E-state index contributed by atoms with van der Waals surface area (Å²) >= 11 is 0. The minimum Gasteiger partial charge on any atom is -0.406 e. The lowest BCUT2D eigenvalue weighted by Gasteiger charge is -2.15. The molecule has 2 N–H and O–H groups in total. The first kappa shape index (κ1) is 15.3. The Balaban J connectivity index is 2.28. The zero-order valence-corrected chi connectivity index (χ0v) is 11.1. The summed E-state index contributed by atoms with van der Waals surface area (Å²) in [6, 6.07) is 9.08. The van der Waals surface area contributed by atoms with E-state index in [0.29, 0.717) is 16.7 Å². The molecule has 1 atom stereocenters. The molecule has 0 heterocycles. The molecule has 0 bridgehead atoms. The third-order valence-corrected chi connectivity index (χ3v) is 3.01. The van der Waals surface area contributed by atoms with Crippen LogP contribution >= 0.6 is 0 Å². The largest absolute Gasteiger partial charge is 0.573 e. The molecule has 0 aliphatic carbocycles. The summed E-state index contributed by atoms with van der Waals surface area (Å²) < 4.78 is 53.9. The van der Waals surface area contributed by atoms with Crippen LogP contribution in [0.2, 0.25) is 0 Å². The van der Waals surface area contributed by atoms with Crippen molar-refractivity contribution in [1.82, 2.24) is 0 Å². The van der Waals surface area contributed by atoms with E-state index in [0.717, 1.165) is 0 Å². The fourth-order valence-corrected chi connectivity index (χ4v) is 1.90. The molecule has 0 saturated carbocycles. The minimum absolute atomic E-state index is 0.358. The summed E-state index contributed by atoms with van der Waals surface area (Å²) in [5.41, 5.74) is 7.31. The number of halogens is 4. The zero-order chi connectivity index (χ0) is 15.6.